The van der Waals surface area contributed by atoms with E-state index in [-0.39, 0.29) is 10.5 Å². The topological polar surface area (TPSA) is 86.5 Å². The molecule has 5 nitrogen and oxygen atoms in total. The van der Waals surface area contributed by atoms with Gasteiger partial charge in [-0.2, -0.15) is 0 Å². The molecule has 0 aliphatic heterocycles. The lowest BCUT2D eigenvalue weighted by Gasteiger charge is -2.11. The Kier molecular flexibility index (Phi) is 4.45. The van der Waals surface area contributed by atoms with Crippen LogP contribution in [0, 0.1) is 12.8 Å². The summed E-state index contributed by atoms with van der Waals surface area (Å²) in [5.41, 5.74) is 0.886. The molecular weight excluding hydrogens is 278 g/mol. The summed E-state index contributed by atoms with van der Waals surface area (Å²) in [4.78, 5) is 11.9. The highest BCUT2D eigenvalue weighted by Gasteiger charge is 2.19. The second-order valence-electron chi connectivity index (χ2n) is 5.33. The Bertz CT molecular complexity index is 604. The van der Waals surface area contributed by atoms with Gasteiger partial charge in [0.1, 0.15) is 0 Å². The third-order valence-electron chi connectivity index (χ3n) is 3.54. The van der Waals surface area contributed by atoms with Crippen molar-refractivity contribution in [1.29, 1.82) is 0 Å². The Morgan fingerprint density at radius 2 is 1.95 bits per heavy atom. The predicted molar refractivity (Wildman–Crippen MR) is 74.8 cm³/mol. The van der Waals surface area contributed by atoms with E-state index in [1.54, 1.807) is 13.0 Å². The number of esters is 1. The number of hydrogen-bond donors (Lipinski definition) is 1. The zero-order chi connectivity index (χ0) is 14.8. The highest BCUT2D eigenvalue weighted by atomic mass is 32.2. The van der Waals surface area contributed by atoms with Gasteiger partial charge in [-0.05, 0) is 49.4 Å². The number of nitrogens with two attached hydrogens (primary N) is 1. The summed E-state index contributed by atoms with van der Waals surface area (Å²) in [7, 11) is -3.82. The number of carbonyl (C=O) groups excluding carboxylic acids is 1. The molecule has 20 heavy (non-hydrogen) atoms. The Balaban J connectivity index is 2.11. The van der Waals surface area contributed by atoms with Gasteiger partial charge in [-0.3, -0.25) is 0 Å². The van der Waals surface area contributed by atoms with Gasteiger partial charge >= 0.3 is 5.97 Å². The van der Waals surface area contributed by atoms with Crippen molar-refractivity contribution < 1.29 is 17.9 Å². The van der Waals surface area contributed by atoms with E-state index in [1.807, 2.05) is 0 Å². The summed E-state index contributed by atoms with van der Waals surface area (Å²) in [6.45, 7) is 2.11. The van der Waals surface area contributed by atoms with E-state index in [2.05, 4.69) is 0 Å². The van der Waals surface area contributed by atoms with Crippen molar-refractivity contribution in [1.82, 2.24) is 0 Å². The van der Waals surface area contributed by atoms with E-state index in [0.29, 0.717) is 18.1 Å². The molecule has 1 saturated carbocycles. The fourth-order valence-corrected chi connectivity index (χ4v) is 3.13. The molecule has 1 aliphatic rings. The van der Waals surface area contributed by atoms with E-state index in [1.165, 1.54) is 25.0 Å². The number of sulfonamides is 1. The lowest BCUT2D eigenvalue weighted by atomic mass is 10.1. The molecule has 6 heteroatoms. The average Bonchev–Trinajstić information content (AvgIpc) is 2.87. The van der Waals surface area contributed by atoms with Gasteiger partial charge < -0.3 is 4.74 Å². The molecule has 110 valence electrons. The summed E-state index contributed by atoms with van der Waals surface area (Å²) < 4.78 is 28.0. The molecule has 1 aliphatic carbocycles. The maximum atomic E-state index is 12.0. The lowest BCUT2D eigenvalue weighted by molar-refractivity contribution is 0.0442. The van der Waals surface area contributed by atoms with Crippen LogP contribution in [0.5, 0.6) is 0 Å². The van der Waals surface area contributed by atoms with Crippen LogP contribution in [-0.4, -0.2) is 21.0 Å². The highest BCUT2D eigenvalue weighted by molar-refractivity contribution is 7.89. The first-order chi connectivity index (χ1) is 9.36. The molecule has 2 N–H and O–H groups in total. The zero-order valence-electron chi connectivity index (χ0n) is 11.5. The molecule has 0 spiro atoms. The maximum Gasteiger partial charge on any atom is 0.338 e. The predicted octanol–water partition coefficient (Wildman–Crippen LogP) is 1.99. The number of hydrogen-bond acceptors (Lipinski definition) is 4. The Hall–Kier alpha value is -1.40. The molecule has 2 rings (SSSR count). The van der Waals surface area contributed by atoms with Gasteiger partial charge in [-0.1, -0.05) is 12.8 Å². The van der Waals surface area contributed by atoms with Crippen LogP contribution in [0.1, 0.15) is 41.6 Å². The Morgan fingerprint density at radius 3 is 2.55 bits per heavy atom. The molecule has 1 aromatic carbocycles. The summed E-state index contributed by atoms with van der Waals surface area (Å²) in [6.07, 6.45) is 4.54. The normalized spacial score (nSPS) is 16.3. The van der Waals surface area contributed by atoms with E-state index < -0.39 is 16.0 Å². The van der Waals surface area contributed by atoms with Crippen LogP contribution < -0.4 is 5.14 Å². The van der Waals surface area contributed by atoms with Gasteiger partial charge in [-0.15, -0.1) is 0 Å². The van der Waals surface area contributed by atoms with Crippen molar-refractivity contribution >= 4 is 16.0 Å². The van der Waals surface area contributed by atoms with Crippen LogP contribution in [0.4, 0.5) is 0 Å². The second kappa shape index (κ2) is 5.93. The molecule has 1 aromatic rings. The standard InChI is InChI=1S/C14H19NO4S/c1-10-6-12(8-13(7-10)20(15,17)18)14(16)19-9-11-4-2-3-5-11/h6-8,11H,2-5,9H2,1H3,(H2,15,17,18). The van der Waals surface area contributed by atoms with Crippen molar-refractivity contribution in [2.75, 3.05) is 6.61 Å². The number of primary sulfonamides is 1. The molecule has 0 unspecified atom stereocenters. The summed E-state index contributed by atoms with van der Waals surface area (Å²) in [5.74, 6) is -0.0630. The second-order valence-corrected chi connectivity index (χ2v) is 6.89. The maximum absolute atomic E-state index is 12.0. The first kappa shape index (κ1) is 15.0. The van der Waals surface area contributed by atoms with Gasteiger partial charge in [0, 0.05) is 0 Å². The van der Waals surface area contributed by atoms with Crippen LogP contribution in [-0.2, 0) is 14.8 Å². The molecule has 0 radical (unpaired) electrons. The molecule has 0 atom stereocenters. The van der Waals surface area contributed by atoms with Gasteiger partial charge in [-0.25, -0.2) is 18.4 Å². The monoisotopic (exact) mass is 297 g/mol. The van der Waals surface area contributed by atoms with Crippen molar-refractivity contribution in [2.45, 2.75) is 37.5 Å². The molecule has 1 fully saturated rings. The summed E-state index contributed by atoms with van der Waals surface area (Å²) >= 11 is 0. The largest absolute Gasteiger partial charge is 0.462 e. The number of ether oxygens (including phenoxy) is 1. The fraction of sp³-hybridized carbons (Fsp3) is 0.500. The first-order valence-corrected chi connectivity index (χ1v) is 8.22. The van der Waals surface area contributed by atoms with E-state index in [0.717, 1.165) is 12.8 Å². The van der Waals surface area contributed by atoms with Crippen LogP contribution in [0.2, 0.25) is 0 Å². The van der Waals surface area contributed by atoms with Gasteiger partial charge in [0.15, 0.2) is 0 Å². The van der Waals surface area contributed by atoms with Crippen molar-refractivity contribution in [3.63, 3.8) is 0 Å². The quantitative estimate of drug-likeness (QED) is 0.861. The average molecular weight is 297 g/mol. The third-order valence-corrected chi connectivity index (χ3v) is 4.43. The minimum absolute atomic E-state index is 0.0645. The zero-order valence-corrected chi connectivity index (χ0v) is 12.3. The summed E-state index contributed by atoms with van der Waals surface area (Å²) in [6, 6.07) is 4.30. The minimum atomic E-state index is -3.82. The van der Waals surface area contributed by atoms with Crippen LogP contribution in [0.3, 0.4) is 0 Å². The van der Waals surface area contributed by atoms with E-state index >= 15 is 0 Å². The molecule has 0 heterocycles. The summed E-state index contributed by atoms with van der Waals surface area (Å²) in [5, 5.41) is 5.09. The fourth-order valence-electron chi connectivity index (χ4n) is 2.48. The lowest BCUT2D eigenvalue weighted by Crippen LogP contribution is -2.15. The Labute approximate surface area is 119 Å². The smallest absolute Gasteiger partial charge is 0.338 e. The number of carbonyl (C=O) groups is 1. The van der Waals surface area contributed by atoms with Gasteiger partial charge in [0.25, 0.3) is 0 Å². The van der Waals surface area contributed by atoms with E-state index in [9.17, 15) is 13.2 Å². The van der Waals surface area contributed by atoms with Crippen LogP contribution in [0.25, 0.3) is 0 Å². The van der Waals surface area contributed by atoms with Crippen LogP contribution in [0.15, 0.2) is 23.1 Å². The highest BCUT2D eigenvalue weighted by Crippen LogP contribution is 2.25. The first-order valence-electron chi connectivity index (χ1n) is 6.68. The number of aryl methyl sites for hydroxylation is 1. The van der Waals surface area contributed by atoms with Crippen molar-refractivity contribution in [2.24, 2.45) is 11.1 Å². The van der Waals surface area contributed by atoms with Crippen molar-refractivity contribution in [3.8, 4) is 0 Å². The number of rotatable bonds is 4. The Morgan fingerprint density at radius 1 is 1.30 bits per heavy atom. The van der Waals surface area contributed by atoms with Crippen molar-refractivity contribution in [3.05, 3.63) is 29.3 Å². The van der Waals surface area contributed by atoms with Crippen LogP contribution >= 0.6 is 0 Å². The molecule has 0 saturated heterocycles. The van der Waals surface area contributed by atoms with Gasteiger partial charge in [0.05, 0.1) is 17.1 Å². The molecule has 0 bridgehead atoms. The van der Waals surface area contributed by atoms with E-state index in [4.69, 9.17) is 9.88 Å². The SMILES string of the molecule is Cc1cc(C(=O)OCC2CCCC2)cc(S(N)(=O)=O)c1. The molecular formula is C14H19NO4S. The number of benzene rings is 1. The van der Waals surface area contributed by atoms with Gasteiger partial charge in [0.2, 0.25) is 10.0 Å². The molecule has 0 amide bonds. The third kappa shape index (κ3) is 3.80. The minimum Gasteiger partial charge on any atom is -0.462 e. The molecule has 0 aromatic heterocycles.